The highest BCUT2D eigenvalue weighted by Crippen LogP contribution is 2.32. The van der Waals surface area contributed by atoms with Gasteiger partial charge in [0.2, 0.25) is 0 Å². The summed E-state index contributed by atoms with van der Waals surface area (Å²) in [6.07, 6.45) is -4.43. The molecule has 1 fully saturated rings. The van der Waals surface area contributed by atoms with E-state index in [0.29, 0.717) is 31.9 Å². The van der Waals surface area contributed by atoms with Crippen molar-refractivity contribution in [1.29, 1.82) is 0 Å². The predicted molar refractivity (Wildman–Crippen MR) is 128 cm³/mol. The number of nitrogens with zero attached hydrogens (tertiary/aromatic N) is 3. The van der Waals surface area contributed by atoms with Crippen molar-refractivity contribution < 1.29 is 26.4 Å². The van der Waals surface area contributed by atoms with Gasteiger partial charge in [0, 0.05) is 38.9 Å². The zero-order chi connectivity index (χ0) is 25.2. The van der Waals surface area contributed by atoms with Crippen molar-refractivity contribution in [2.75, 3.05) is 42.4 Å². The lowest BCUT2D eigenvalue weighted by Gasteiger charge is -2.37. The van der Waals surface area contributed by atoms with Gasteiger partial charge in [0.25, 0.3) is 15.9 Å². The number of halogens is 3. The summed E-state index contributed by atoms with van der Waals surface area (Å²) >= 11 is 0. The number of amides is 1. The second-order valence-electron chi connectivity index (χ2n) is 8.13. The van der Waals surface area contributed by atoms with Gasteiger partial charge >= 0.3 is 6.18 Å². The number of piperazine rings is 1. The van der Waals surface area contributed by atoms with Crippen LogP contribution in [0.2, 0.25) is 0 Å². The van der Waals surface area contributed by atoms with Crippen LogP contribution in [0.5, 0.6) is 0 Å². The maximum absolute atomic E-state index is 13.4. The third-order valence-corrected chi connectivity index (χ3v) is 7.77. The molecule has 4 rings (SSSR count). The average Bonchev–Trinajstić information content (AvgIpc) is 2.88. The molecule has 0 N–H and O–H groups in total. The van der Waals surface area contributed by atoms with E-state index < -0.39 is 21.8 Å². The molecule has 0 atom stereocenters. The largest absolute Gasteiger partial charge is 0.416 e. The Hall–Kier alpha value is -3.53. The fourth-order valence-electron chi connectivity index (χ4n) is 4.03. The minimum atomic E-state index is -4.43. The van der Waals surface area contributed by atoms with Gasteiger partial charge in [0.05, 0.1) is 21.7 Å². The van der Waals surface area contributed by atoms with E-state index >= 15 is 0 Å². The summed E-state index contributed by atoms with van der Waals surface area (Å²) in [6.45, 7) is 1.29. The van der Waals surface area contributed by atoms with Gasteiger partial charge in [-0.25, -0.2) is 8.42 Å². The Morgan fingerprint density at radius 1 is 0.857 bits per heavy atom. The molecule has 10 heteroatoms. The minimum Gasteiger partial charge on any atom is -0.368 e. The Kier molecular flexibility index (Phi) is 6.75. The summed E-state index contributed by atoms with van der Waals surface area (Å²) in [5, 5.41) is 0. The zero-order valence-electron chi connectivity index (χ0n) is 18.9. The lowest BCUT2D eigenvalue weighted by Crippen LogP contribution is -2.49. The minimum absolute atomic E-state index is 0.111. The molecule has 0 spiro atoms. The molecule has 0 radical (unpaired) electrons. The summed E-state index contributed by atoms with van der Waals surface area (Å²) in [5.41, 5.74) is 0.217. The Bertz CT molecular complexity index is 1310. The van der Waals surface area contributed by atoms with Gasteiger partial charge in [-0.15, -0.1) is 0 Å². The van der Waals surface area contributed by atoms with Crippen LogP contribution in [0.1, 0.15) is 15.9 Å². The molecule has 3 aromatic carbocycles. The lowest BCUT2D eigenvalue weighted by molar-refractivity contribution is -0.137. The van der Waals surface area contributed by atoms with Crippen LogP contribution in [0.4, 0.5) is 24.5 Å². The Morgan fingerprint density at radius 2 is 1.49 bits per heavy atom. The van der Waals surface area contributed by atoms with E-state index in [1.807, 2.05) is 0 Å². The predicted octanol–water partition coefficient (Wildman–Crippen LogP) is 4.49. The highest BCUT2D eigenvalue weighted by Gasteiger charge is 2.32. The van der Waals surface area contributed by atoms with Crippen molar-refractivity contribution in [3.63, 3.8) is 0 Å². The van der Waals surface area contributed by atoms with Gasteiger partial charge in [-0.2, -0.15) is 13.2 Å². The van der Waals surface area contributed by atoms with Crippen LogP contribution in [-0.2, 0) is 16.2 Å². The average molecular weight is 504 g/mol. The topological polar surface area (TPSA) is 60.9 Å². The van der Waals surface area contributed by atoms with E-state index in [4.69, 9.17) is 0 Å². The molecule has 0 unspecified atom stereocenters. The maximum atomic E-state index is 13.4. The van der Waals surface area contributed by atoms with Gasteiger partial charge < -0.3 is 9.80 Å². The first kappa shape index (κ1) is 24.6. The fourth-order valence-corrected chi connectivity index (χ4v) is 5.26. The Balaban J connectivity index is 1.51. The molecule has 3 aromatic rings. The van der Waals surface area contributed by atoms with E-state index in [1.165, 1.54) is 25.2 Å². The van der Waals surface area contributed by atoms with Crippen LogP contribution < -0.4 is 9.21 Å². The summed E-state index contributed by atoms with van der Waals surface area (Å²) in [4.78, 5) is 16.9. The first-order valence-corrected chi connectivity index (χ1v) is 12.4. The van der Waals surface area contributed by atoms with Crippen LogP contribution in [0.25, 0.3) is 0 Å². The van der Waals surface area contributed by atoms with E-state index in [2.05, 4.69) is 0 Å². The second kappa shape index (κ2) is 9.61. The Morgan fingerprint density at radius 3 is 2.14 bits per heavy atom. The Labute approximate surface area is 202 Å². The van der Waals surface area contributed by atoms with Crippen LogP contribution in [0, 0.1) is 0 Å². The van der Waals surface area contributed by atoms with Crippen molar-refractivity contribution in [2.24, 2.45) is 0 Å². The van der Waals surface area contributed by atoms with Gasteiger partial charge in [0.15, 0.2) is 0 Å². The summed E-state index contributed by atoms with van der Waals surface area (Å²) < 4.78 is 66.5. The second-order valence-corrected chi connectivity index (χ2v) is 10.1. The molecular weight excluding hydrogens is 479 g/mol. The molecule has 35 heavy (non-hydrogen) atoms. The monoisotopic (exact) mass is 503 g/mol. The molecular formula is C25H24F3N3O3S. The van der Waals surface area contributed by atoms with Gasteiger partial charge in [0.1, 0.15) is 0 Å². The fraction of sp³-hybridized carbons (Fsp3) is 0.240. The van der Waals surface area contributed by atoms with Crippen molar-refractivity contribution >= 4 is 27.3 Å². The van der Waals surface area contributed by atoms with Crippen molar-refractivity contribution in [2.45, 2.75) is 11.1 Å². The third kappa shape index (κ3) is 5.12. The highest BCUT2D eigenvalue weighted by atomic mass is 32.2. The molecule has 0 aromatic heterocycles. The number of rotatable bonds is 5. The maximum Gasteiger partial charge on any atom is 0.416 e. The number of anilines is 2. The first-order chi connectivity index (χ1) is 16.6. The van der Waals surface area contributed by atoms with Crippen LogP contribution >= 0.6 is 0 Å². The SMILES string of the molecule is CN(c1ccccc1C(=O)N1CCN(c2cccc(C(F)(F)F)c2)CC1)S(=O)(=O)c1ccccc1. The van der Waals surface area contributed by atoms with Crippen LogP contribution in [0.15, 0.2) is 83.8 Å². The van der Waals surface area contributed by atoms with Gasteiger partial charge in [-0.3, -0.25) is 9.10 Å². The highest BCUT2D eigenvalue weighted by molar-refractivity contribution is 7.92. The molecule has 1 amide bonds. The van der Waals surface area contributed by atoms with Crippen LogP contribution in [0.3, 0.4) is 0 Å². The first-order valence-electron chi connectivity index (χ1n) is 10.9. The molecule has 0 saturated carbocycles. The molecule has 0 aliphatic carbocycles. The summed E-state index contributed by atoms with van der Waals surface area (Å²) in [6, 6.07) is 19.6. The van der Waals surface area contributed by atoms with E-state index in [0.717, 1.165) is 16.4 Å². The van der Waals surface area contributed by atoms with E-state index in [9.17, 15) is 26.4 Å². The number of carbonyl (C=O) groups excluding carboxylic acids is 1. The molecule has 184 valence electrons. The standard InChI is InChI=1S/C25H24F3N3O3S/c1-29(35(33,34)21-10-3-2-4-11-21)23-13-6-5-12-22(23)24(32)31-16-14-30(15-17-31)20-9-7-8-19(18-20)25(26,27)28/h2-13,18H,14-17H2,1H3. The molecule has 1 heterocycles. The summed E-state index contributed by atoms with van der Waals surface area (Å²) in [5.74, 6) is -0.334. The third-order valence-electron chi connectivity index (χ3n) is 5.98. The number of hydrogen-bond acceptors (Lipinski definition) is 4. The van der Waals surface area contributed by atoms with Crippen molar-refractivity contribution in [3.05, 3.63) is 90.0 Å². The smallest absolute Gasteiger partial charge is 0.368 e. The van der Waals surface area contributed by atoms with Crippen molar-refractivity contribution in [3.8, 4) is 0 Å². The quantitative estimate of drug-likeness (QED) is 0.515. The van der Waals surface area contributed by atoms with Crippen molar-refractivity contribution in [1.82, 2.24) is 4.90 Å². The number of para-hydroxylation sites is 1. The molecule has 1 saturated heterocycles. The number of carbonyl (C=O) groups is 1. The summed E-state index contributed by atoms with van der Waals surface area (Å²) in [7, 11) is -2.47. The van der Waals surface area contributed by atoms with E-state index in [-0.39, 0.29) is 22.1 Å². The zero-order valence-corrected chi connectivity index (χ0v) is 19.8. The molecule has 1 aliphatic rings. The van der Waals surface area contributed by atoms with E-state index in [1.54, 1.807) is 58.3 Å². The van der Waals surface area contributed by atoms with Gasteiger partial charge in [-0.1, -0.05) is 36.4 Å². The van der Waals surface area contributed by atoms with Crippen LogP contribution in [-0.4, -0.2) is 52.5 Å². The van der Waals surface area contributed by atoms with Gasteiger partial charge in [-0.05, 0) is 42.5 Å². The lowest BCUT2D eigenvalue weighted by atomic mass is 10.1. The molecule has 6 nitrogen and oxygen atoms in total. The molecule has 1 aliphatic heterocycles. The molecule has 0 bridgehead atoms. The number of hydrogen-bond donors (Lipinski definition) is 0. The number of benzene rings is 3. The number of alkyl halides is 3. The normalized spacial score (nSPS) is 14.6. The number of sulfonamides is 1.